The van der Waals surface area contributed by atoms with Crippen molar-refractivity contribution >= 4 is 34.7 Å². The van der Waals surface area contributed by atoms with Gasteiger partial charge < -0.3 is 5.32 Å². The average molecular weight is 374 g/mol. The molecule has 1 fully saturated rings. The monoisotopic (exact) mass is 373 g/mol. The van der Waals surface area contributed by atoms with E-state index in [0.717, 1.165) is 35.7 Å². The molecule has 0 atom stereocenters. The molecular weight excluding hydrogens is 354 g/mol. The average Bonchev–Trinajstić information content (AvgIpc) is 3.25. The highest BCUT2D eigenvalue weighted by Crippen LogP contribution is 2.35. The SMILES string of the molecule is Cc1csc(SC2CCC(NC(=O)c3cccc4ncnn34)CC2)n1. The lowest BCUT2D eigenvalue weighted by Crippen LogP contribution is -2.38. The molecule has 1 saturated carbocycles. The lowest BCUT2D eigenvalue weighted by Gasteiger charge is -2.28. The van der Waals surface area contributed by atoms with Gasteiger partial charge in [-0.15, -0.1) is 11.3 Å². The summed E-state index contributed by atoms with van der Waals surface area (Å²) in [4.78, 5) is 21.2. The van der Waals surface area contributed by atoms with Crippen molar-refractivity contribution < 1.29 is 4.79 Å². The fourth-order valence-electron chi connectivity index (χ4n) is 3.13. The Hall–Kier alpha value is -1.93. The lowest BCUT2D eigenvalue weighted by molar-refractivity contribution is 0.0920. The molecule has 25 heavy (non-hydrogen) atoms. The number of nitrogens with zero attached hydrogens (tertiary/aromatic N) is 4. The highest BCUT2D eigenvalue weighted by Gasteiger charge is 2.25. The maximum absolute atomic E-state index is 12.6. The molecule has 0 unspecified atom stereocenters. The quantitative estimate of drug-likeness (QED) is 0.759. The summed E-state index contributed by atoms with van der Waals surface area (Å²) >= 11 is 3.60. The largest absolute Gasteiger partial charge is 0.348 e. The molecule has 0 bridgehead atoms. The van der Waals surface area contributed by atoms with Crippen LogP contribution in [0.1, 0.15) is 41.9 Å². The third-order valence-electron chi connectivity index (χ3n) is 4.41. The zero-order valence-electron chi connectivity index (χ0n) is 13.9. The summed E-state index contributed by atoms with van der Waals surface area (Å²) in [5.41, 5.74) is 2.31. The number of thiazole rings is 1. The number of aromatic nitrogens is 4. The normalized spacial score (nSPS) is 20.7. The number of thioether (sulfide) groups is 1. The third kappa shape index (κ3) is 3.69. The van der Waals surface area contributed by atoms with Crippen molar-refractivity contribution in [1.29, 1.82) is 0 Å². The van der Waals surface area contributed by atoms with Gasteiger partial charge in [-0.2, -0.15) is 5.10 Å². The number of carbonyl (C=O) groups excluding carboxylic acids is 1. The first-order valence-corrected chi connectivity index (χ1v) is 10.1. The number of aryl methyl sites for hydroxylation is 1. The molecule has 0 spiro atoms. The van der Waals surface area contributed by atoms with Crippen molar-refractivity contribution in [1.82, 2.24) is 24.9 Å². The van der Waals surface area contributed by atoms with Crippen LogP contribution in [-0.2, 0) is 0 Å². The Morgan fingerprint density at radius 1 is 1.32 bits per heavy atom. The Bertz CT molecular complexity index is 882. The van der Waals surface area contributed by atoms with E-state index < -0.39 is 0 Å². The number of nitrogens with one attached hydrogen (secondary N) is 1. The van der Waals surface area contributed by atoms with Crippen molar-refractivity contribution in [3.8, 4) is 0 Å². The van der Waals surface area contributed by atoms with Gasteiger partial charge in [0.05, 0.1) is 0 Å². The van der Waals surface area contributed by atoms with E-state index in [0.29, 0.717) is 16.6 Å². The standard InChI is InChI=1S/C17H19N5OS2/c1-11-9-24-17(20-11)25-13-7-5-12(6-8-13)21-16(23)14-3-2-4-15-18-10-19-22(14)15/h2-4,9-10,12-13H,5-8H2,1H3,(H,21,23). The maximum atomic E-state index is 12.6. The third-order valence-corrected chi connectivity index (χ3v) is 6.84. The number of amides is 1. The van der Waals surface area contributed by atoms with E-state index in [4.69, 9.17) is 0 Å². The van der Waals surface area contributed by atoms with Gasteiger partial charge in [-0.05, 0) is 44.7 Å². The summed E-state index contributed by atoms with van der Waals surface area (Å²) in [6.07, 6.45) is 5.67. The van der Waals surface area contributed by atoms with Crippen LogP contribution in [0.5, 0.6) is 0 Å². The molecule has 1 aliphatic rings. The summed E-state index contributed by atoms with van der Waals surface area (Å²) in [6, 6.07) is 5.68. The van der Waals surface area contributed by atoms with Gasteiger partial charge in [-0.25, -0.2) is 14.5 Å². The molecular formula is C17H19N5OS2. The molecule has 3 aromatic rings. The zero-order chi connectivity index (χ0) is 17.2. The highest BCUT2D eigenvalue weighted by atomic mass is 32.2. The van der Waals surface area contributed by atoms with Crippen LogP contribution in [0.15, 0.2) is 34.2 Å². The molecule has 1 aliphatic carbocycles. The molecule has 1 N–H and O–H groups in total. The van der Waals surface area contributed by atoms with Gasteiger partial charge in [-0.3, -0.25) is 4.79 Å². The minimum atomic E-state index is -0.0808. The molecule has 0 aromatic carbocycles. The number of fused-ring (bicyclic) bond motifs is 1. The molecule has 4 rings (SSSR count). The highest BCUT2D eigenvalue weighted by molar-refractivity contribution is 8.01. The fourth-order valence-corrected chi connectivity index (χ4v) is 5.42. The summed E-state index contributed by atoms with van der Waals surface area (Å²) in [5, 5.41) is 9.98. The van der Waals surface area contributed by atoms with Crippen LogP contribution in [0.2, 0.25) is 0 Å². The predicted octanol–water partition coefficient (Wildman–Crippen LogP) is 3.33. The van der Waals surface area contributed by atoms with Crippen LogP contribution >= 0.6 is 23.1 Å². The Morgan fingerprint density at radius 3 is 2.92 bits per heavy atom. The summed E-state index contributed by atoms with van der Waals surface area (Å²) in [7, 11) is 0. The minimum Gasteiger partial charge on any atom is -0.348 e. The van der Waals surface area contributed by atoms with Gasteiger partial charge in [0.1, 0.15) is 16.4 Å². The Kier molecular flexibility index (Phi) is 4.72. The van der Waals surface area contributed by atoms with Crippen LogP contribution in [0.3, 0.4) is 0 Å². The van der Waals surface area contributed by atoms with Gasteiger partial charge in [0.25, 0.3) is 5.91 Å². The first kappa shape index (κ1) is 16.5. The predicted molar refractivity (Wildman–Crippen MR) is 99.2 cm³/mol. The lowest BCUT2D eigenvalue weighted by atomic mass is 9.95. The van der Waals surface area contributed by atoms with Crippen molar-refractivity contribution in [3.63, 3.8) is 0 Å². The summed E-state index contributed by atoms with van der Waals surface area (Å²) < 4.78 is 2.74. The molecule has 0 saturated heterocycles. The molecule has 0 aliphatic heterocycles. The van der Waals surface area contributed by atoms with E-state index in [1.54, 1.807) is 21.9 Å². The minimum absolute atomic E-state index is 0.0808. The molecule has 0 radical (unpaired) electrons. The number of carbonyl (C=O) groups is 1. The van der Waals surface area contributed by atoms with Gasteiger partial charge in [0, 0.05) is 22.4 Å². The molecule has 8 heteroatoms. The second-order valence-corrected chi connectivity index (χ2v) is 8.67. The second kappa shape index (κ2) is 7.13. The van der Waals surface area contributed by atoms with Crippen LogP contribution in [0.4, 0.5) is 0 Å². The number of pyridine rings is 1. The van der Waals surface area contributed by atoms with Crippen molar-refractivity contribution in [2.75, 3.05) is 0 Å². The van der Waals surface area contributed by atoms with E-state index in [-0.39, 0.29) is 11.9 Å². The first-order chi connectivity index (χ1) is 12.2. The Morgan fingerprint density at radius 2 is 2.16 bits per heavy atom. The molecule has 3 heterocycles. The first-order valence-electron chi connectivity index (χ1n) is 8.37. The molecule has 1 amide bonds. The fraction of sp³-hybridized carbons (Fsp3) is 0.412. The van der Waals surface area contributed by atoms with E-state index >= 15 is 0 Å². The second-order valence-electron chi connectivity index (χ2n) is 6.26. The van der Waals surface area contributed by atoms with Gasteiger partial charge >= 0.3 is 0 Å². The number of hydrogen-bond acceptors (Lipinski definition) is 6. The molecule has 3 aromatic heterocycles. The van der Waals surface area contributed by atoms with Crippen molar-refractivity contribution in [2.24, 2.45) is 0 Å². The molecule has 6 nitrogen and oxygen atoms in total. The van der Waals surface area contributed by atoms with Gasteiger partial charge in [-0.1, -0.05) is 17.8 Å². The number of rotatable bonds is 4. The topological polar surface area (TPSA) is 72.2 Å². The van der Waals surface area contributed by atoms with E-state index in [9.17, 15) is 4.79 Å². The smallest absolute Gasteiger partial charge is 0.270 e. The van der Waals surface area contributed by atoms with Crippen LogP contribution in [-0.4, -0.2) is 36.8 Å². The van der Waals surface area contributed by atoms with Crippen LogP contribution in [0, 0.1) is 6.92 Å². The van der Waals surface area contributed by atoms with Gasteiger partial charge in [0.15, 0.2) is 5.65 Å². The van der Waals surface area contributed by atoms with Crippen LogP contribution < -0.4 is 5.32 Å². The van der Waals surface area contributed by atoms with E-state index in [2.05, 4.69) is 25.8 Å². The zero-order valence-corrected chi connectivity index (χ0v) is 15.5. The summed E-state index contributed by atoms with van der Waals surface area (Å²) in [6.45, 7) is 2.03. The van der Waals surface area contributed by atoms with Crippen molar-refractivity contribution in [2.45, 2.75) is 48.2 Å². The van der Waals surface area contributed by atoms with E-state index in [1.165, 1.54) is 6.33 Å². The molecule has 130 valence electrons. The van der Waals surface area contributed by atoms with Crippen LogP contribution in [0.25, 0.3) is 5.65 Å². The summed E-state index contributed by atoms with van der Waals surface area (Å²) in [5.74, 6) is -0.0808. The van der Waals surface area contributed by atoms with E-state index in [1.807, 2.05) is 30.8 Å². The van der Waals surface area contributed by atoms with Gasteiger partial charge in [0.2, 0.25) is 0 Å². The number of hydrogen-bond donors (Lipinski definition) is 1. The Balaban J connectivity index is 1.34. The maximum Gasteiger partial charge on any atom is 0.270 e. The van der Waals surface area contributed by atoms with Crippen molar-refractivity contribution in [3.05, 3.63) is 41.3 Å². The Labute approximate surface area is 154 Å².